The fourth-order valence-corrected chi connectivity index (χ4v) is 1.18. The molecule has 16 heavy (non-hydrogen) atoms. The van der Waals surface area contributed by atoms with Crippen LogP contribution in [-0.2, 0) is 4.79 Å². The van der Waals surface area contributed by atoms with Crippen molar-refractivity contribution in [3.8, 4) is 0 Å². The molecular formula is C10H20F2N2O2. The highest BCUT2D eigenvalue weighted by atomic mass is 19.3. The Hall–Kier alpha value is -0.750. The Kier molecular flexibility index (Phi) is 9.03. The van der Waals surface area contributed by atoms with E-state index in [1.165, 1.54) is 0 Å². The Morgan fingerprint density at radius 1 is 1.25 bits per heavy atom. The van der Waals surface area contributed by atoms with Gasteiger partial charge in [0.15, 0.2) is 0 Å². The summed E-state index contributed by atoms with van der Waals surface area (Å²) >= 11 is 0. The molecule has 0 aliphatic carbocycles. The molecule has 4 N–H and O–H groups in total. The second kappa shape index (κ2) is 9.47. The molecule has 1 amide bonds. The molecule has 1 atom stereocenters. The van der Waals surface area contributed by atoms with Gasteiger partial charge < -0.3 is 16.2 Å². The molecule has 0 fully saturated rings. The molecule has 96 valence electrons. The van der Waals surface area contributed by atoms with Gasteiger partial charge in [0.2, 0.25) is 5.91 Å². The SMILES string of the molecule is NCCCCCCC(=O)NCC(O)C(F)F. The number of halogens is 2. The van der Waals surface area contributed by atoms with Crippen LogP contribution in [0.3, 0.4) is 0 Å². The van der Waals surface area contributed by atoms with Gasteiger partial charge in [-0.2, -0.15) is 0 Å². The molecule has 0 aromatic rings. The van der Waals surface area contributed by atoms with Crippen molar-refractivity contribution in [1.82, 2.24) is 5.32 Å². The van der Waals surface area contributed by atoms with Gasteiger partial charge in [0.05, 0.1) is 0 Å². The first-order chi connectivity index (χ1) is 7.57. The van der Waals surface area contributed by atoms with Gasteiger partial charge in [-0.3, -0.25) is 4.79 Å². The number of alkyl halides is 2. The van der Waals surface area contributed by atoms with E-state index in [1.54, 1.807) is 0 Å². The Labute approximate surface area is 94.2 Å². The molecule has 0 heterocycles. The Bertz CT molecular complexity index is 192. The van der Waals surface area contributed by atoms with E-state index in [0.29, 0.717) is 13.0 Å². The number of hydrogen-bond donors (Lipinski definition) is 3. The number of rotatable bonds is 9. The van der Waals surface area contributed by atoms with E-state index in [2.05, 4.69) is 5.32 Å². The number of nitrogens with one attached hydrogen (secondary N) is 1. The molecule has 0 radical (unpaired) electrons. The molecule has 0 spiro atoms. The zero-order valence-electron chi connectivity index (χ0n) is 9.29. The zero-order valence-corrected chi connectivity index (χ0v) is 9.29. The average Bonchev–Trinajstić information content (AvgIpc) is 2.25. The highest BCUT2D eigenvalue weighted by Crippen LogP contribution is 2.02. The minimum atomic E-state index is -2.81. The van der Waals surface area contributed by atoms with Crippen LogP contribution in [0.5, 0.6) is 0 Å². The number of aliphatic hydroxyl groups excluding tert-OH is 1. The predicted molar refractivity (Wildman–Crippen MR) is 57.2 cm³/mol. The Morgan fingerprint density at radius 2 is 1.88 bits per heavy atom. The van der Waals surface area contributed by atoms with Crippen molar-refractivity contribution in [1.29, 1.82) is 0 Å². The summed E-state index contributed by atoms with van der Waals surface area (Å²) in [7, 11) is 0. The summed E-state index contributed by atoms with van der Waals surface area (Å²) in [6.07, 6.45) is -0.750. The number of amides is 1. The van der Waals surface area contributed by atoms with Crippen molar-refractivity contribution in [3.63, 3.8) is 0 Å². The molecule has 0 aromatic carbocycles. The third kappa shape index (κ3) is 8.55. The van der Waals surface area contributed by atoms with Crippen LogP contribution in [0.25, 0.3) is 0 Å². The number of unbranched alkanes of at least 4 members (excludes halogenated alkanes) is 3. The lowest BCUT2D eigenvalue weighted by molar-refractivity contribution is -0.122. The highest BCUT2D eigenvalue weighted by Gasteiger charge is 2.16. The number of hydrogen-bond acceptors (Lipinski definition) is 3. The van der Waals surface area contributed by atoms with Crippen molar-refractivity contribution >= 4 is 5.91 Å². The van der Waals surface area contributed by atoms with Crippen LogP contribution in [0.1, 0.15) is 32.1 Å². The molecule has 0 aromatic heterocycles. The summed E-state index contributed by atoms with van der Waals surface area (Å²) in [5, 5.41) is 11.0. The van der Waals surface area contributed by atoms with Gasteiger partial charge in [0, 0.05) is 13.0 Å². The van der Waals surface area contributed by atoms with Crippen molar-refractivity contribution in [2.24, 2.45) is 5.73 Å². The lowest BCUT2D eigenvalue weighted by atomic mass is 10.1. The van der Waals surface area contributed by atoms with Gasteiger partial charge in [-0.1, -0.05) is 12.8 Å². The second-order valence-electron chi connectivity index (χ2n) is 3.66. The highest BCUT2D eigenvalue weighted by molar-refractivity contribution is 5.75. The third-order valence-corrected chi connectivity index (χ3v) is 2.16. The monoisotopic (exact) mass is 238 g/mol. The molecule has 0 aliphatic heterocycles. The topological polar surface area (TPSA) is 75.4 Å². The molecular weight excluding hydrogens is 218 g/mol. The van der Waals surface area contributed by atoms with Gasteiger partial charge in [0.1, 0.15) is 6.10 Å². The standard InChI is InChI=1S/C10H20F2N2O2/c11-10(12)8(15)7-14-9(16)5-3-1-2-4-6-13/h8,10,15H,1-7,13H2,(H,14,16). The molecule has 0 rings (SSSR count). The summed E-state index contributed by atoms with van der Waals surface area (Å²) in [5.74, 6) is -0.299. The normalized spacial score (nSPS) is 12.8. The van der Waals surface area contributed by atoms with Crippen molar-refractivity contribution in [2.45, 2.75) is 44.6 Å². The molecule has 0 saturated heterocycles. The maximum absolute atomic E-state index is 11.9. The summed E-state index contributed by atoms with van der Waals surface area (Å²) in [6.45, 7) is 0.256. The number of carbonyl (C=O) groups is 1. The van der Waals surface area contributed by atoms with Gasteiger partial charge in [-0.05, 0) is 19.4 Å². The molecule has 6 heteroatoms. The molecule has 1 unspecified atom stereocenters. The van der Waals surface area contributed by atoms with Crippen LogP contribution < -0.4 is 11.1 Å². The van der Waals surface area contributed by atoms with Crippen LogP contribution in [0.15, 0.2) is 0 Å². The van der Waals surface area contributed by atoms with E-state index in [0.717, 1.165) is 25.7 Å². The second-order valence-corrected chi connectivity index (χ2v) is 3.66. The molecule has 0 aliphatic rings. The van der Waals surface area contributed by atoms with E-state index < -0.39 is 12.5 Å². The maximum atomic E-state index is 11.9. The lowest BCUT2D eigenvalue weighted by Gasteiger charge is -2.10. The lowest BCUT2D eigenvalue weighted by Crippen LogP contribution is -2.35. The smallest absolute Gasteiger partial charge is 0.265 e. The third-order valence-electron chi connectivity index (χ3n) is 2.16. The molecule has 0 bridgehead atoms. The number of carbonyl (C=O) groups excluding carboxylic acids is 1. The minimum Gasteiger partial charge on any atom is -0.385 e. The minimum absolute atomic E-state index is 0.299. The van der Waals surface area contributed by atoms with Crippen LogP contribution in [0, 0.1) is 0 Å². The first-order valence-corrected chi connectivity index (χ1v) is 5.51. The van der Waals surface area contributed by atoms with Crippen LogP contribution in [0.4, 0.5) is 8.78 Å². The van der Waals surface area contributed by atoms with Gasteiger partial charge >= 0.3 is 0 Å². The number of aliphatic hydroxyl groups is 1. The van der Waals surface area contributed by atoms with E-state index >= 15 is 0 Å². The quantitative estimate of drug-likeness (QED) is 0.516. The van der Waals surface area contributed by atoms with E-state index in [9.17, 15) is 13.6 Å². The summed E-state index contributed by atoms with van der Waals surface area (Å²) in [4.78, 5) is 11.1. The number of nitrogens with two attached hydrogens (primary N) is 1. The first-order valence-electron chi connectivity index (χ1n) is 5.51. The molecule has 0 saturated carbocycles. The predicted octanol–water partition coefficient (Wildman–Crippen LogP) is 0.638. The van der Waals surface area contributed by atoms with Gasteiger partial charge in [-0.25, -0.2) is 8.78 Å². The van der Waals surface area contributed by atoms with Crippen molar-refractivity contribution in [2.75, 3.05) is 13.1 Å². The van der Waals surface area contributed by atoms with Crippen LogP contribution in [-0.4, -0.2) is 36.6 Å². The Morgan fingerprint density at radius 3 is 2.44 bits per heavy atom. The van der Waals surface area contributed by atoms with Crippen LogP contribution >= 0.6 is 0 Å². The van der Waals surface area contributed by atoms with Gasteiger partial charge in [0.25, 0.3) is 6.43 Å². The maximum Gasteiger partial charge on any atom is 0.265 e. The molecule has 4 nitrogen and oxygen atoms in total. The summed E-state index contributed by atoms with van der Waals surface area (Å²) in [6, 6.07) is 0. The fourth-order valence-electron chi connectivity index (χ4n) is 1.18. The van der Waals surface area contributed by atoms with Gasteiger partial charge in [-0.15, -0.1) is 0 Å². The van der Waals surface area contributed by atoms with E-state index in [4.69, 9.17) is 10.8 Å². The van der Waals surface area contributed by atoms with Crippen molar-refractivity contribution < 1.29 is 18.7 Å². The Balaban J connectivity index is 3.38. The van der Waals surface area contributed by atoms with Crippen molar-refractivity contribution in [3.05, 3.63) is 0 Å². The van der Waals surface area contributed by atoms with E-state index in [-0.39, 0.29) is 12.5 Å². The van der Waals surface area contributed by atoms with E-state index in [1.807, 2.05) is 0 Å². The summed E-state index contributed by atoms with van der Waals surface area (Å²) < 4.78 is 23.7. The first kappa shape index (κ1) is 15.2. The fraction of sp³-hybridized carbons (Fsp3) is 0.900. The zero-order chi connectivity index (χ0) is 12.4. The average molecular weight is 238 g/mol. The van der Waals surface area contributed by atoms with Crippen LogP contribution in [0.2, 0.25) is 0 Å². The summed E-state index contributed by atoms with van der Waals surface area (Å²) in [5.41, 5.74) is 5.30. The largest absolute Gasteiger partial charge is 0.385 e.